The van der Waals surface area contributed by atoms with Gasteiger partial charge in [-0.25, -0.2) is 13.5 Å². The Kier molecular flexibility index (Phi) is 5.41. The lowest BCUT2D eigenvalue weighted by Crippen LogP contribution is -2.41. The molecule has 0 aliphatic carbocycles. The number of nitrogens with one attached hydrogen (secondary N) is 3. The summed E-state index contributed by atoms with van der Waals surface area (Å²) >= 11 is 0. The molecule has 0 radical (unpaired) electrons. The number of hydrogen-bond donors (Lipinski definition) is 3. The van der Waals surface area contributed by atoms with Crippen molar-refractivity contribution >= 4 is 11.8 Å². The maximum atomic E-state index is 13.9. The van der Waals surface area contributed by atoms with E-state index in [0.717, 1.165) is 6.07 Å². The molecule has 3 N–H and O–H groups in total. The number of rotatable bonds is 5. The number of halogens is 2. The first kappa shape index (κ1) is 19.9. The molecule has 2 atom stereocenters. The van der Waals surface area contributed by atoms with Gasteiger partial charge >= 0.3 is 0 Å². The van der Waals surface area contributed by atoms with E-state index in [1.165, 1.54) is 12.1 Å². The number of carbonyl (C=O) groups is 2. The Hall–Kier alpha value is -2.88. The quantitative estimate of drug-likeness (QED) is 0.701. The second-order valence-corrected chi connectivity index (χ2v) is 7.23. The van der Waals surface area contributed by atoms with Crippen LogP contribution in [0.4, 0.5) is 8.78 Å². The van der Waals surface area contributed by atoms with E-state index in [1.54, 1.807) is 31.8 Å². The molecule has 0 spiro atoms. The first-order valence-corrected chi connectivity index (χ1v) is 8.86. The van der Waals surface area contributed by atoms with E-state index in [9.17, 15) is 18.4 Å². The lowest BCUT2D eigenvalue weighted by molar-refractivity contribution is -0.122. The molecule has 28 heavy (non-hydrogen) atoms. The highest BCUT2D eigenvalue weighted by Crippen LogP contribution is 2.23. The maximum absolute atomic E-state index is 13.9. The number of aromatic nitrogens is 3. The van der Waals surface area contributed by atoms with Crippen LogP contribution in [0.25, 0.3) is 0 Å². The van der Waals surface area contributed by atoms with E-state index in [2.05, 4.69) is 26.3 Å². The molecular formula is C18H22F2N6O2. The minimum Gasteiger partial charge on any atom is -0.358 e. The summed E-state index contributed by atoms with van der Waals surface area (Å²) in [6, 6.07) is 3.07. The fraction of sp³-hybridized carbons (Fsp3) is 0.444. The SMILES string of the molecule is CNC(=O)[C@@H]1C[C@@H](n2cc(C(C)(C)NC(=O)c3cccc(F)c3F)nn2)CN1. The fourth-order valence-corrected chi connectivity index (χ4v) is 3.13. The normalized spacial score (nSPS) is 19.5. The predicted octanol–water partition coefficient (Wildman–Crippen LogP) is 0.870. The van der Waals surface area contributed by atoms with Crippen LogP contribution in [-0.2, 0) is 10.3 Å². The molecule has 1 aromatic carbocycles. The molecule has 0 unspecified atom stereocenters. The molecule has 1 saturated heterocycles. The number of carbonyl (C=O) groups excluding carboxylic acids is 2. The van der Waals surface area contributed by atoms with Crippen LogP contribution in [0.15, 0.2) is 24.4 Å². The van der Waals surface area contributed by atoms with Gasteiger partial charge in [0.2, 0.25) is 5.91 Å². The van der Waals surface area contributed by atoms with Gasteiger partial charge in [-0.3, -0.25) is 9.59 Å². The van der Waals surface area contributed by atoms with Gasteiger partial charge in [0.1, 0.15) is 5.69 Å². The Morgan fingerprint density at radius 2 is 2.07 bits per heavy atom. The van der Waals surface area contributed by atoms with E-state index in [0.29, 0.717) is 18.7 Å². The van der Waals surface area contributed by atoms with Crippen LogP contribution in [0.5, 0.6) is 0 Å². The minimum atomic E-state index is -1.20. The van der Waals surface area contributed by atoms with Gasteiger partial charge < -0.3 is 16.0 Å². The summed E-state index contributed by atoms with van der Waals surface area (Å²) in [7, 11) is 1.58. The molecule has 1 aliphatic rings. The number of likely N-dealkylation sites (N-methyl/N-ethyl adjacent to an activating group) is 1. The average Bonchev–Trinajstić information content (AvgIpc) is 3.32. The van der Waals surface area contributed by atoms with Crippen molar-refractivity contribution in [3.8, 4) is 0 Å². The molecule has 150 valence electrons. The van der Waals surface area contributed by atoms with Crippen molar-refractivity contribution in [1.29, 1.82) is 0 Å². The van der Waals surface area contributed by atoms with E-state index in [-0.39, 0.29) is 23.6 Å². The standard InChI is InChI=1S/C18H22F2N6O2/c1-18(2,23-16(27)11-5-4-6-12(19)15(11)20)14-9-26(25-24-14)10-7-13(22-8-10)17(28)21-3/h4-6,9-10,13,22H,7-8H2,1-3H3,(H,21,28)(H,23,27)/t10-,13+/m1/s1. The van der Waals surface area contributed by atoms with Gasteiger partial charge in [0.15, 0.2) is 11.6 Å². The maximum Gasteiger partial charge on any atom is 0.255 e. The third kappa shape index (κ3) is 3.86. The smallest absolute Gasteiger partial charge is 0.255 e. The lowest BCUT2D eigenvalue weighted by atomic mass is 10.0. The molecule has 2 amide bonds. The van der Waals surface area contributed by atoms with Crippen molar-refractivity contribution in [3.05, 3.63) is 47.3 Å². The Labute approximate surface area is 160 Å². The van der Waals surface area contributed by atoms with Crippen molar-refractivity contribution in [2.75, 3.05) is 13.6 Å². The number of amides is 2. The summed E-state index contributed by atoms with van der Waals surface area (Å²) in [4.78, 5) is 24.1. The van der Waals surface area contributed by atoms with Gasteiger partial charge in [0.05, 0.1) is 29.4 Å². The summed E-state index contributed by atoms with van der Waals surface area (Å²) < 4.78 is 28.9. The van der Waals surface area contributed by atoms with Crippen LogP contribution in [0.1, 0.15) is 42.4 Å². The zero-order chi connectivity index (χ0) is 20.5. The van der Waals surface area contributed by atoms with Crippen molar-refractivity contribution in [2.24, 2.45) is 0 Å². The lowest BCUT2D eigenvalue weighted by Gasteiger charge is -2.24. The van der Waals surface area contributed by atoms with Gasteiger partial charge in [-0.05, 0) is 32.4 Å². The van der Waals surface area contributed by atoms with Crippen LogP contribution in [0.3, 0.4) is 0 Å². The number of benzene rings is 1. The number of hydrogen-bond acceptors (Lipinski definition) is 5. The minimum absolute atomic E-state index is 0.0595. The zero-order valence-corrected chi connectivity index (χ0v) is 15.8. The second kappa shape index (κ2) is 7.63. The van der Waals surface area contributed by atoms with Crippen molar-refractivity contribution in [3.63, 3.8) is 0 Å². The Bertz CT molecular complexity index is 898. The summed E-state index contributed by atoms with van der Waals surface area (Å²) in [5.74, 6) is -3.13. The van der Waals surface area contributed by atoms with Crippen LogP contribution in [-0.4, -0.2) is 46.4 Å². The molecule has 3 rings (SSSR count). The van der Waals surface area contributed by atoms with Gasteiger partial charge in [-0.2, -0.15) is 0 Å². The highest BCUT2D eigenvalue weighted by Gasteiger charge is 2.33. The van der Waals surface area contributed by atoms with E-state index >= 15 is 0 Å². The van der Waals surface area contributed by atoms with Crippen molar-refractivity contribution < 1.29 is 18.4 Å². The molecular weight excluding hydrogens is 370 g/mol. The summed E-state index contributed by atoms with van der Waals surface area (Å²) in [5, 5.41) is 16.6. The van der Waals surface area contributed by atoms with Crippen LogP contribution in [0.2, 0.25) is 0 Å². The molecule has 1 fully saturated rings. The third-order valence-electron chi connectivity index (χ3n) is 4.82. The monoisotopic (exact) mass is 392 g/mol. The predicted molar refractivity (Wildman–Crippen MR) is 96.4 cm³/mol. The number of nitrogens with zero attached hydrogens (tertiary/aromatic N) is 3. The van der Waals surface area contributed by atoms with Gasteiger partial charge in [-0.1, -0.05) is 11.3 Å². The largest absolute Gasteiger partial charge is 0.358 e. The molecule has 2 heterocycles. The molecule has 10 heteroatoms. The second-order valence-electron chi connectivity index (χ2n) is 7.23. The highest BCUT2D eigenvalue weighted by atomic mass is 19.2. The fourth-order valence-electron chi connectivity index (χ4n) is 3.13. The first-order valence-electron chi connectivity index (χ1n) is 8.86. The molecule has 1 aromatic heterocycles. The molecule has 0 bridgehead atoms. The van der Waals surface area contributed by atoms with E-state index in [4.69, 9.17) is 0 Å². The van der Waals surface area contributed by atoms with Crippen LogP contribution in [0, 0.1) is 11.6 Å². The molecule has 2 aromatic rings. The molecule has 1 aliphatic heterocycles. The first-order chi connectivity index (χ1) is 13.2. The summed E-state index contributed by atoms with van der Waals surface area (Å²) in [5.41, 5.74) is -0.893. The van der Waals surface area contributed by atoms with Crippen LogP contribution >= 0.6 is 0 Å². The van der Waals surface area contributed by atoms with Crippen molar-refractivity contribution in [1.82, 2.24) is 30.9 Å². The summed E-state index contributed by atoms with van der Waals surface area (Å²) in [6.45, 7) is 3.94. The third-order valence-corrected chi connectivity index (χ3v) is 4.82. The summed E-state index contributed by atoms with van der Waals surface area (Å²) in [6.07, 6.45) is 2.24. The van der Waals surface area contributed by atoms with E-state index < -0.39 is 23.1 Å². The Balaban J connectivity index is 1.72. The highest BCUT2D eigenvalue weighted by molar-refractivity contribution is 5.95. The zero-order valence-electron chi connectivity index (χ0n) is 15.8. The Morgan fingerprint density at radius 1 is 1.32 bits per heavy atom. The van der Waals surface area contributed by atoms with Gasteiger partial charge in [0.25, 0.3) is 5.91 Å². The van der Waals surface area contributed by atoms with Gasteiger partial charge in [0, 0.05) is 13.6 Å². The molecule has 0 saturated carbocycles. The average molecular weight is 392 g/mol. The topological polar surface area (TPSA) is 101 Å². The Morgan fingerprint density at radius 3 is 2.79 bits per heavy atom. The van der Waals surface area contributed by atoms with Crippen LogP contribution < -0.4 is 16.0 Å². The van der Waals surface area contributed by atoms with Crippen molar-refractivity contribution in [2.45, 2.75) is 37.9 Å². The van der Waals surface area contributed by atoms with E-state index in [1.807, 2.05) is 0 Å². The van der Waals surface area contributed by atoms with Gasteiger partial charge in [-0.15, -0.1) is 5.10 Å². The molecule has 8 nitrogen and oxygen atoms in total.